The number of methoxy groups -OCH3 is 1. The molecule has 0 aliphatic rings. The summed E-state index contributed by atoms with van der Waals surface area (Å²) < 4.78 is 5.50. The summed E-state index contributed by atoms with van der Waals surface area (Å²) in [6.45, 7) is 1.97. The van der Waals surface area contributed by atoms with Gasteiger partial charge in [-0.05, 0) is 52.7 Å². The average Bonchev–Trinajstić information content (AvgIpc) is 2.66. The van der Waals surface area contributed by atoms with Gasteiger partial charge in [-0.2, -0.15) is 5.10 Å². The SMILES string of the molecule is COc1cc(C=NNC(=O)CSCC(=O)Nc2ccc(C)cc2)cc(Br)c1O. The van der Waals surface area contributed by atoms with Crippen LogP contribution in [0.3, 0.4) is 0 Å². The molecule has 0 atom stereocenters. The summed E-state index contributed by atoms with van der Waals surface area (Å²) in [5, 5.41) is 16.4. The number of phenolic OH excluding ortho intramolecular Hbond substituents is 1. The van der Waals surface area contributed by atoms with Crippen molar-refractivity contribution in [2.24, 2.45) is 5.10 Å². The van der Waals surface area contributed by atoms with Crippen molar-refractivity contribution in [2.45, 2.75) is 6.92 Å². The maximum Gasteiger partial charge on any atom is 0.250 e. The molecule has 2 aromatic rings. The van der Waals surface area contributed by atoms with E-state index in [1.165, 1.54) is 25.1 Å². The van der Waals surface area contributed by atoms with Gasteiger partial charge in [-0.3, -0.25) is 9.59 Å². The molecule has 0 bridgehead atoms. The second-order valence-corrected chi connectivity index (χ2v) is 7.59. The highest BCUT2D eigenvalue weighted by Crippen LogP contribution is 2.34. The molecule has 0 aliphatic heterocycles. The number of nitrogens with one attached hydrogen (secondary N) is 2. The van der Waals surface area contributed by atoms with Crippen molar-refractivity contribution in [1.29, 1.82) is 0 Å². The van der Waals surface area contributed by atoms with Crippen molar-refractivity contribution in [2.75, 3.05) is 23.9 Å². The number of halogens is 1. The van der Waals surface area contributed by atoms with Gasteiger partial charge in [0.05, 0.1) is 29.3 Å². The Morgan fingerprint density at radius 2 is 1.89 bits per heavy atom. The maximum absolute atomic E-state index is 11.9. The Labute approximate surface area is 175 Å². The normalized spacial score (nSPS) is 10.7. The number of aromatic hydroxyl groups is 1. The van der Waals surface area contributed by atoms with E-state index in [1.54, 1.807) is 12.1 Å². The molecular formula is C19H20BrN3O4S. The van der Waals surface area contributed by atoms with Crippen LogP contribution >= 0.6 is 27.7 Å². The minimum absolute atomic E-state index is 0.0102. The molecule has 148 valence electrons. The number of phenols is 1. The lowest BCUT2D eigenvalue weighted by Gasteiger charge is -2.06. The minimum Gasteiger partial charge on any atom is -0.503 e. The highest BCUT2D eigenvalue weighted by atomic mass is 79.9. The number of carbonyl (C=O) groups is 2. The van der Waals surface area contributed by atoms with Gasteiger partial charge in [0.15, 0.2) is 11.5 Å². The van der Waals surface area contributed by atoms with E-state index in [-0.39, 0.29) is 34.8 Å². The molecule has 0 saturated carbocycles. The van der Waals surface area contributed by atoms with E-state index in [9.17, 15) is 14.7 Å². The van der Waals surface area contributed by atoms with Gasteiger partial charge in [0, 0.05) is 5.69 Å². The van der Waals surface area contributed by atoms with Crippen LogP contribution in [0, 0.1) is 6.92 Å². The Kier molecular flexibility index (Phi) is 8.34. The van der Waals surface area contributed by atoms with Crippen molar-refractivity contribution < 1.29 is 19.4 Å². The van der Waals surface area contributed by atoms with Crippen LogP contribution in [0.15, 0.2) is 46.0 Å². The number of carbonyl (C=O) groups excluding carboxylic acids is 2. The van der Waals surface area contributed by atoms with Crippen molar-refractivity contribution in [1.82, 2.24) is 5.43 Å². The van der Waals surface area contributed by atoms with Gasteiger partial charge >= 0.3 is 0 Å². The fourth-order valence-corrected chi connectivity index (χ4v) is 3.17. The van der Waals surface area contributed by atoms with Crippen molar-refractivity contribution in [3.8, 4) is 11.5 Å². The van der Waals surface area contributed by atoms with Crippen LogP contribution in [0.2, 0.25) is 0 Å². The molecule has 0 fully saturated rings. The highest BCUT2D eigenvalue weighted by molar-refractivity contribution is 9.10. The summed E-state index contributed by atoms with van der Waals surface area (Å²) in [5.41, 5.74) is 4.86. The van der Waals surface area contributed by atoms with E-state index in [0.29, 0.717) is 10.0 Å². The van der Waals surface area contributed by atoms with E-state index >= 15 is 0 Å². The van der Waals surface area contributed by atoms with E-state index in [1.807, 2.05) is 31.2 Å². The van der Waals surface area contributed by atoms with E-state index in [4.69, 9.17) is 4.74 Å². The zero-order chi connectivity index (χ0) is 20.5. The fraction of sp³-hybridized carbons (Fsp3) is 0.211. The molecule has 0 heterocycles. The molecule has 0 radical (unpaired) electrons. The van der Waals surface area contributed by atoms with E-state index < -0.39 is 0 Å². The number of hydrogen-bond donors (Lipinski definition) is 3. The number of aryl methyl sites for hydroxylation is 1. The van der Waals surface area contributed by atoms with Gasteiger partial charge in [0.25, 0.3) is 0 Å². The van der Waals surface area contributed by atoms with Crippen LogP contribution in [0.1, 0.15) is 11.1 Å². The number of anilines is 1. The van der Waals surface area contributed by atoms with E-state index in [0.717, 1.165) is 11.3 Å². The largest absolute Gasteiger partial charge is 0.503 e. The molecule has 0 saturated heterocycles. The van der Waals surface area contributed by atoms with Crippen LogP contribution in [0.4, 0.5) is 5.69 Å². The zero-order valence-corrected chi connectivity index (χ0v) is 17.8. The van der Waals surface area contributed by atoms with Crippen molar-refractivity contribution in [3.05, 3.63) is 52.0 Å². The molecule has 7 nitrogen and oxygen atoms in total. The van der Waals surface area contributed by atoms with Gasteiger partial charge in [-0.15, -0.1) is 11.8 Å². The van der Waals surface area contributed by atoms with E-state index in [2.05, 4.69) is 31.8 Å². The Balaban J connectivity index is 1.74. The third-order valence-corrected chi connectivity index (χ3v) is 5.01. The number of rotatable bonds is 8. The topological polar surface area (TPSA) is 100 Å². The van der Waals surface area contributed by atoms with Crippen molar-refractivity contribution >= 4 is 51.4 Å². The number of benzene rings is 2. The lowest BCUT2D eigenvalue weighted by molar-refractivity contribution is -0.118. The van der Waals surface area contributed by atoms with Gasteiger partial charge in [0.1, 0.15) is 0 Å². The second kappa shape index (κ2) is 10.7. The molecule has 2 aromatic carbocycles. The molecular weight excluding hydrogens is 446 g/mol. The molecule has 0 spiro atoms. The van der Waals surface area contributed by atoms with Crippen LogP contribution in [-0.4, -0.2) is 41.8 Å². The summed E-state index contributed by atoms with van der Waals surface area (Å²) in [5.74, 6) is 0.0376. The van der Waals surface area contributed by atoms with Crippen molar-refractivity contribution in [3.63, 3.8) is 0 Å². The first-order valence-electron chi connectivity index (χ1n) is 8.21. The van der Waals surface area contributed by atoms with Gasteiger partial charge in [-0.25, -0.2) is 5.43 Å². The summed E-state index contributed by atoms with van der Waals surface area (Å²) in [6, 6.07) is 10.7. The van der Waals surface area contributed by atoms with Crippen LogP contribution in [-0.2, 0) is 9.59 Å². The number of hydrazone groups is 1. The number of nitrogens with zero attached hydrogens (tertiary/aromatic N) is 1. The monoisotopic (exact) mass is 465 g/mol. The summed E-state index contributed by atoms with van der Waals surface area (Å²) in [4.78, 5) is 23.7. The minimum atomic E-state index is -0.325. The molecule has 28 heavy (non-hydrogen) atoms. The molecule has 2 amide bonds. The Bertz CT molecular complexity index is 872. The summed E-state index contributed by atoms with van der Waals surface area (Å²) in [7, 11) is 1.44. The summed E-state index contributed by atoms with van der Waals surface area (Å²) in [6.07, 6.45) is 1.43. The number of ether oxygens (including phenoxy) is 1. The lowest BCUT2D eigenvalue weighted by atomic mass is 10.2. The number of hydrogen-bond acceptors (Lipinski definition) is 6. The number of amides is 2. The molecule has 3 N–H and O–H groups in total. The Hall–Kier alpha value is -2.52. The third-order valence-electron chi connectivity index (χ3n) is 3.48. The third kappa shape index (κ3) is 6.90. The quantitative estimate of drug-likeness (QED) is 0.410. The molecule has 0 unspecified atom stereocenters. The first-order chi connectivity index (χ1) is 13.4. The average molecular weight is 466 g/mol. The van der Waals surface area contributed by atoms with Gasteiger partial charge < -0.3 is 15.2 Å². The first kappa shape index (κ1) is 21.8. The van der Waals surface area contributed by atoms with Crippen LogP contribution in [0.25, 0.3) is 0 Å². The molecule has 9 heteroatoms. The van der Waals surface area contributed by atoms with Gasteiger partial charge in [0.2, 0.25) is 11.8 Å². The smallest absolute Gasteiger partial charge is 0.250 e. The lowest BCUT2D eigenvalue weighted by Crippen LogP contribution is -2.21. The molecule has 2 rings (SSSR count). The van der Waals surface area contributed by atoms with Crippen LogP contribution in [0.5, 0.6) is 11.5 Å². The van der Waals surface area contributed by atoms with Gasteiger partial charge in [-0.1, -0.05) is 17.7 Å². The predicted octanol–water partition coefficient (Wildman–Crippen LogP) is 3.29. The highest BCUT2D eigenvalue weighted by Gasteiger charge is 2.08. The predicted molar refractivity (Wildman–Crippen MR) is 115 cm³/mol. The Morgan fingerprint density at radius 3 is 2.57 bits per heavy atom. The second-order valence-electron chi connectivity index (χ2n) is 5.75. The summed E-state index contributed by atoms with van der Waals surface area (Å²) >= 11 is 4.40. The Morgan fingerprint density at radius 1 is 1.21 bits per heavy atom. The standard InChI is InChI=1S/C19H20BrN3O4S/c1-12-3-5-14(6-4-12)22-17(24)10-28-11-18(25)23-21-9-13-7-15(20)19(26)16(8-13)27-2/h3-9,26H,10-11H2,1-2H3,(H,22,24)(H,23,25). The molecule has 0 aromatic heterocycles. The first-order valence-corrected chi connectivity index (χ1v) is 10.2. The molecule has 0 aliphatic carbocycles. The number of thioether (sulfide) groups is 1. The zero-order valence-electron chi connectivity index (χ0n) is 15.4. The maximum atomic E-state index is 11.9. The van der Waals surface area contributed by atoms with Crippen LogP contribution < -0.4 is 15.5 Å². The fourth-order valence-electron chi connectivity index (χ4n) is 2.11.